The molecule has 0 spiro atoms. The van der Waals surface area contributed by atoms with E-state index in [4.69, 9.17) is 4.42 Å². The van der Waals surface area contributed by atoms with Gasteiger partial charge >= 0.3 is 0 Å². The average molecular weight is 409 g/mol. The lowest BCUT2D eigenvalue weighted by molar-refractivity contribution is 0.0746. The Morgan fingerprint density at radius 2 is 1.90 bits per heavy atom. The highest BCUT2D eigenvalue weighted by atomic mass is 19.1. The number of carbonyl (C=O) groups is 1. The first-order valence-electron chi connectivity index (χ1n) is 10.0. The molecule has 1 fully saturated rings. The predicted molar refractivity (Wildman–Crippen MR) is 111 cm³/mol. The summed E-state index contributed by atoms with van der Waals surface area (Å²) in [5.41, 5.74) is 1.68. The number of aryl methyl sites for hydroxylation is 1. The Bertz CT molecular complexity index is 1060. The zero-order valence-electron chi connectivity index (χ0n) is 17.3. The molecule has 1 aliphatic rings. The molecule has 1 aromatic carbocycles. The number of halogens is 1. The van der Waals surface area contributed by atoms with E-state index in [2.05, 4.69) is 20.1 Å². The summed E-state index contributed by atoms with van der Waals surface area (Å²) in [7, 11) is 0. The third-order valence-electron chi connectivity index (χ3n) is 5.24. The quantitative estimate of drug-likeness (QED) is 0.655. The standard InChI is InChI=1S/C22H24FN5O2/c1-14(2)20-25-26-21(30-20)17-5-4-8-24-19(17)27-9-11-28(12-10-27)22(29)16-7-6-15(3)18(23)13-16/h4-8,13-14H,9-12H2,1-3H3. The lowest BCUT2D eigenvalue weighted by atomic mass is 10.1. The van der Waals surface area contributed by atoms with Gasteiger partial charge in [-0.15, -0.1) is 10.2 Å². The summed E-state index contributed by atoms with van der Waals surface area (Å²) in [5.74, 6) is 1.40. The van der Waals surface area contributed by atoms with Crippen molar-refractivity contribution in [2.45, 2.75) is 26.7 Å². The van der Waals surface area contributed by atoms with Crippen molar-refractivity contribution in [2.24, 2.45) is 0 Å². The van der Waals surface area contributed by atoms with E-state index in [-0.39, 0.29) is 17.6 Å². The molecule has 0 radical (unpaired) electrons. The number of carbonyl (C=O) groups excluding carboxylic acids is 1. The summed E-state index contributed by atoms with van der Waals surface area (Å²) < 4.78 is 19.7. The maximum absolute atomic E-state index is 13.8. The maximum atomic E-state index is 13.8. The van der Waals surface area contributed by atoms with Crippen molar-refractivity contribution < 1.29 is 13.6 Å². The van der Waals surface area contributed by atoms with Crippen molar-refractivity contribution in [2.75, 3.05) is 31.1 Å². The largest absolute Gasteiger partial charge is 0.420 e. The molecular formula is C22H24FN5O2. The third kappa shape index (κ3) is 3.90. The van der Waals surface area contributed by atoms with Crippen LogP contribution in [0.4, 0.5) is 10.2 Å². The van der Waals surface area contributed by atoms with Gasteiger partial charge in [0.1, 0.15) is 11.6 Å². The second kappa shape index (κ2) is 8.22. The van der Waals surface area contributed by atoms with Crippen molar-refractivity contribution in [3.63, 3.8) is 0 Å². The molecule has 2 aromatic heterocycles. The smallest absolute Gasteiger partial charge is 0.254 e. The van der Waals surface area contributed by atoms with Gasteiger partial charge in [0.15, 0.2) is 0 Å². The monoisotopic (exact) mass is 409 g/mol. The lowest BCUT2D eigenvalue weighted by Gasteiger charge is -2.36. The van der Waals surface area contributed by atoms with Crippen molar-refractivity contribution in [1.29, 1.82) is 0 Å². The van der Waals surface area contributed by atoms with Crippen LogP contribution in [-0.4, -0.2) is 52.2 Å². The highest BCUT2D eigenvalue weighted by molar-refractivity contribution is 5.94. The van der Waals surface area contributed by atoms with Crippen LogP contribution in [0.1, 0.15) is 41.6 Å². The van der Waals surface area contributed by atoms with Crippen LogP contribution >= 0.6 is 0 Å². The number of benzene rings is 1. The first-order valence-corrected chi connectivity index (χ1v) is 10.0. The molecule has 0 bridgehead atoms. The number of rotatable bonds is 4. The van der Waals surface area contributed by atoms with Crippen molar-refractivity contribution in [3.8, 4) is 11.5 Å². The van der Waals surface area contributed by atoms with Gasteiger partial charge in [-0.1, -0.05) is 19.9 Å². The summed E-state index contributed by atoms with van der Waals surface area (Å²) in [6.07, 6.45) is 1.73. The van der Waals surface area contributed by atoms with Gasteiger partial charge in [0, 0.05) is 43.9 Å². The molecule has 0 unspecified atom stereocenters. The molecule has 3 aromatic rings. The highest BCUT2D eigenvalue weighted by Crippen LogP contribution is 2.29. The molecule has 0 saturated carbocycles. The molecule has 8 heteroatoms. The van der Waals surface area contributed by atoms with Gasteiger partial charge in [0.05, 0.1) is 5.56 Å². The molecule has 1 aliphatic heterocycles. The Morgan fingerprint density at radius 1 is 1.13 bits per heavy atom. The number of nitrogens with zero attached hydrogens (tertiary/aromatic N) is 5. The maximum Gasteiger partial charge on any atom is 0.254 e. The van der Waals surface area contributed by atoms with Crippen LogP contribution in [0, 0.1) is 12.7 Å². The van der Waals surface area contributed by atoms with E-state index in [9.17, 15) is 9.18 Å². The lowest BCUT2D eigenvalue weighted by Crippen LogP contribution is -2.49. The van der Waals surface area contributed by atoms with Gasteiger partial charge in [-0.3, -0.25) is 4.79 Å². The van der Waals surface area contributed by atoms with Crippen LogP contribution in [0.3, 0.4) is 0 Å². The van der Waals surface area contributed by atoms with Crippen LogP contribution in [0.2, 0.25) is 0 Å². The van der Waals surface area contributed by atoms with E-state index >= 15 is 0 Å². The van der Waals surface area contributed by atoms with Crippen LogP contribution < -0.4 is 4.90 Å². The van der Waals surface area contributed by atoms with Crippen molar-refractivity contribution in [3.05, 3.63) is 59.4 Å². The van der Waals surface area contributed by atoms with Crippen LogP contribution in [0.5, 0.6) is 0 Å². The molecule has 0 aliphatic carbocycles. The topological polar surface area (TPSA) is 75.4 Å². The Kier molecular flexibility index (Phi) is 5.48. The Hall–Kier alpha value is -3.29. The summed E-state index contributed by atoms with van der Waals surface area (Å²) in [5, 5.41) is 8.29. The van der Waals surface area contributed by atoms with Crippen LogP contribution in [0.15, 0.2) is 40.9 Å². The minimum Gasteiger partial charge on any atom is -0.420 e. The second-order valence-corrected chi connectivity index (χ2v) is 7.72. The zero-order chi connectivity index (χ0) is 21.3. The van der Waals surface area contributed by atoms with E-state index in [1.165, 1.54) is 6.07 Å². The fourth-order valence-corrected chi connectivity index (χ4v) is 3.42. The van der Waals surface area contributed by atoms with Gasteiger partial charge in [-0.25, -0.2) is 9.37 Å². The predicted octanol–water partition coefficient (Wildman–Crippen LogP) is 3.66. The first-order chi connectivity index (χ1) is 14.4. The number of aromatic nitrogens is 3. The molecule has 156 valence electrons. The number of hydrogen-bond acceptors (Lipinski definition) is 6. The molecule has 1 saturated heterocycles. The normalized spacial score (nSPS) is 14.4. The Balaban J connectivity index is 1.49. The second-order valence-electron chi connectivity index (χ2n) is 7.72. The Morgan fingerprint density at radius 3 is 2.57 bits per heavy atom. The van der Waals surface area contributed by atoms with E-state index in [0.717, 1.165) is 11.4 Å². The fraction of sp³-hybridized carbons (Fsp3) is 0.364. The molecule has 1 amide bonds. The van der Waals surface area contributed by atoms with Gasteiger partial charge in [0.25, 0.3) is 11.8 Å². The highest BCUT2D eigenvalue weighted by Gasteiger charge is 2.26. The number of hydrogen-bond donors (Lipinski definition) is 0. The summed E-state index contributed by atoms with van der Waals surface area (Å²) >= 11 is 0. The number of piperazine rings is 1. The molecule has 30 heavy (non-hydrogen) atoms. The van der Waals surface area contributed by atoms with Gasteiger partial charge < -0.3 is 14.2 Å². The molecule has 7 nitrogen and oxygen atoms in total. The molecule has 3 heterocycles. The SMILES string of the molecule is Cc1ccc(C(=O)N2CCN(c3ncccc3-c3nnc(C(C)C)o3)CC2)cc1F. The van der Waals surface area contributed by atoms with Crippen molar-refractivity contribution >= 4 is 11.7 Å². The minimum atomic E-state index is -0.363. The summed E-state index contributed by atoms with van der Waals surface area (Å²) in [4.78, 5) is 21.1. The van der Waals surface area contributed by atoms with Crippen molar-refractivity contribution in [1.82, 2.24) is 20.1 Å². The molecule has 0 N–H and O–H groups in total. The van der Waals surface area contributed by atoms with E-state index in [1.807, 2.05) is 26.0 Å². The third-order valence-corrected chi connectivity index (χ3v) is 5.24. The fourth-order valence-electron chi connectivity index (χ4n) is 3.42. The number of anilines is 1. The van der Waals surface area contributed by atoms with E-state index in [0.29, 0.717) is 49.1 Å². The van der Waals surface area contributed by atoms with E-state index < -0.39 is 0 Å². The Labute approximate surface area is 174 Å². The number of pyridine rings is 1. The molecule has 4 rings (SSSR count). The van der Waals surface area contributed by atoms with E-state index in [1.54, 1.807) is 30.2 Å². The van der Waals surface area contributed by atoms with Gasteiger partial charge in [-0.05, 0) is 36.8 Å². The molecule has 0 atom stereocenters. The molecular weight excluding hydrogens is 385 g/mol. The van der Waals surface area contributed by atoms with Gasteiger partial charge in [0.2, 0.25) is 5.89 Å². The zero-order valence-corrected chi connectivity index (χ0v) is 17.3. The summed E-state index contributed by atoms with van der Waals surface area (Å²) in [6, 6.07) is 8.36. The van der Waals surface area contributed by atoms with Crippen LogP contribution in [0.25, 0.3) is 11.5 Å². The summed E-state index contributed by atoms with van der Waals surface area (Å²) in [6.45, 7) is 7.93. The number of amides is 1. The minimum absolute atomic E-state index is 0.146. The van der Waals surface area contributed by atoms with Crippen LogP contribution in [-0.2, 0) is 0 Å². The van der Waals surface area contributed by atoms with Gasteiger partial charge in [-0.2, -0.15) is 0 Å². The first kappa shape index (κ1) is 20.0. The average Bonchev–Trinajstić information content (AvgIpc) is 3.26.